The molecule has 0 saturated carbocycles. The fourth-order valence-electron chi connectivity index (χ4n) is 11.3. The number of hydrogen-bond acceptors (Lipinski definition) is 14. The highest BCUT2D eigenvalue weighted by Gasteiger charge is 2.29. The molecule has 5 unspecified atom stereocenters. The molecule has 0 aliphatic rings. The van der Waals surface area contributed by atoms with Gasteiger partial charge in [-0.15, -0.1) is 0 Å². The smallest absolute Gasteiger partial charge is 0.463 e. The van der Waals surface area contributed by atoms with Crippen LogP contribution in [0.1, 0.15) is 342 Å². The normalized spacial score (nSPS) is 14.7. The molecule has 0 aromatic rings. The van der Waals surface area contributed by atoms with Gasteiger partial charge in [0.15, 0.2) is 6.10 Å². The number of aliphatic hydroxyl groups excluding tert-OH is 2. The highest BCUT2D eigenvalue weighted by molar-refractivity contribution is 7.47. The minimum absolute atomic E-state index is 0.0825. The minimum Gasteiger partial charge on any atom is -0.463 e. The monoisotopic (exact) mass is 1570 g/mol. The van der Waals surface area contributed by atoms with Gasteiger partial charge in [0.05, 0.1) is 26.4 Å². The maximum absolute atomic E-state index is 13.0. The zero-order valence-electron chi connectivity index (χ0n) is 68.4. The van der Waals surface area contributed by atoms with Crippen LogP contribution in [-0.4, -0.2) is 95.9 Å². The molecule has 0 heterocycles. The van der Waals surface area contributed by atoms with E-state index in [1.807, 2.05) is 0 Å². The highest BCUT2D eigenvalue weighted by atomic mass is 31.2. The van der Waals surface area contributed by atoms with Gasteiger partial charge in [-0.1, -0.05) is 333 Å². The van der Waals surface area contributed by atoms with Crippen LogP contribution >= 0.6 is 15.6 Å². The summed E-state index contributed by atoms with van der Waals surface area (Å²) in [4.78, 5) is 58.8. The van der Waals surface area contributed by atoms with Crippen LogP contribution in [0, 0.1) is 0 Å². The molecule has 0 rings (SSSR count). The summed E-state index contributed by atoms with van der Waals surface area (Å²) in [5, 5.41) is 20.7. The third-order valence-electron chi connectivity index (χ3n) is 17.7. The second-order valence-corrected chi connectivity index (χ2v) is 31.1. The lowest BCUT2D eigenvalue weighted by Gasteiger charge is -2.21. The van der Waals surface area contributed by atoms with Crippen molar-refractivity contribution in [2.45, 2.75) is 360 Å². The Labute approximate surface area is 663 Å². The molecule has 0 aliphatic carbocycles. The van der Waals surface area contributed by atoms with Gasteiger partial charge in [-0.2, -0.15) is 0 Å². The Hall–Kier alpha value is -4.83. The molecule has 5 atom stereocenters. The number of esters is 3. The van der Waals surface area contributed by atoms with E-state index in [9.17, 15) is 43.5 Å². The Balaban J connectivity index is 4.52. The lowest BCUT2D eigenvalue weighted by atomic mass is 10.0. The van der Waals surface area contributed by atoms with Crippen molar-refractivity contribution in [3.05, 3.63) is 158 Å². The minimum atomic E-state index is -4.95. The first-order valence-electron chi connectivity index (χ1n) is 42.8. The summed E-state index contributed by atoms with van der Waals surface area (Å²) in [7, 11) is -9.81. The van der Waals surface area contributed by atoms with Gasteiger partial charge in [0.1, 0.15) is 25.4 Å². The summed E-state index contributed by atoms with van der Waals surface area (Å²) in [6.45, 7) is 2.41. The number of carbonyl (C=O) groups is 3. The molecule has 624 valence electrons. The van der Waals surface area contributed by atoms with Crippen molar-refractivity contribution in [2.24, 2.45) is 0 Å². The number of carbonyl (C=O) groups excluding carboxylic acids is 3. The van der Waals surface area contributed by atoms with E-state index in [4.69, 9.17) is 32.3 Å². The van der Waals surface area contributed by atoms with Crippen molar-refractivity contribution in [3.63, 3.8) is 0 Å². The van der Waals surface area contributed by atoms with Crippen molar-refractivity contribution in [1.29, 1.82) is 0 Å². The predicted molar refractivity (Wildman–Crippen MR) is 454 cm³/mol. The van der Waals surface area contributed by atoms with Gasteiger partial charge >= 0.3 is 33.6 Å². The number of phosphoric acid groups is 2. The molecule has 18 heteroatoms. The molecule has 0 radical (unpaired) electrons. The summed E-state index contributed by atoms with van der Waals surface area (Å²) >= 11 is 0. The molecule has 0 bridgehead atoms. The molecular formula is C91H154O16P2. The topological polar surface area (TPSA) is 231 Å². The Morgan fingerprint density at radius 1 is 0.266 bits per heavy atom. The summed E-state index contributed by atoms with van der Waals surface area (Å²) in [6.07, 6.45) is 104. The van der Waals surface area contributed by atoms with E-state index in [2.05, 4.69) is 179 Å². The average Bonchev–Trinajstić information content (AvgIpc) is 0.868. The van der Waals surface area contributed by atoms with Gasteiger partial charge in [0.25, 0.3) is 0 Å². The lowest BCUT2D eigenvalue weighted by molar-refractivity contribution is -0.161. The number of allylic oxidation sites excluding steroid dienone is 26. The largest absolute Gasteiger partial charge is 0.472 e. The van der Waals surface area contributed by atoms with Gasteiger partial charge in [0, 0.05) is 19.3 Å². The molecule has 0 saturated heterocycles. The van der Waals surface area contributed by atoms with Gasteiger partial charge < -0.3 is 34.2 Å². The van der Waals surface area contributed by atoms with Gasteiger partial charge in [-0.3, -0.25) is 32.5 Å². The van der Waals surface area contributed by atoms with Crippen molar-refractivity contribution in [1.82, 2.24) is 0 Å². The highest BCUT2D eigenvalue weighted by Crippen LogP contribution is 2.45. The van der Waals surface area contributed by atoms with E-state index in [0.29, 0.717) is 19.3 Å². The van der Waals surface area contributed by atoms with Crippen LogP contribution < -0.4 is 0 Å². The second-order valence-electron chi connectivity index (χ2n) is 28.2. The van der Waals surface area contributed by atoms with Crippen LogP contribution in [0.2, 0.25) is 0 Å². The first-order valence-corrected chi connectivity index (χ1v) is 45.8. The lowest BCUT2D eigenvalue weighted by Crippen LogP contribution is -2.30. The maximum atomic E-state index is 13.0. The Morgan fingerprint density at radius 2 is 0.486 bits per heavy atom. The fourth-order valence-corrected chi connectivity index (χ4v) is 12.9. The van der Waals surface area contributed by atoms with Crippen LogP contribution in [0.5, 0.6) is 0 Å². The van der Waals surface area contributed by atoms with Crippen LogP contribution in [-0.2, 0) is 55.8 Å². The second kappa shape index (κ2) is 82.6. The molecule has 0 spiro atoms. The first kappa shape index (κ1) is 104. The van der Waals surface area contributed by atoms with Crippen LogP contribution in [0.15, 0.2) is 158 Å². The molecule has 0 aliphatic heterocycles. The number of rotatable bonds is 80. The third kappa shape index (κ3) is 83.9. The maximum Gasteiger partial charge on any atom is 0.472 e. The standard InChI is InChI=1S/C91H154O16P2/c1-4-7-10-13-16-19-22-25-28-31-33-35-37-38-39-40-41-42-43-44-45-46-48-50-51-54-56-59-62-65-68-71-74-77-89(94)101-80-86(92)81-103-108(97,98)104-82-87(93)83-105-109(99,100)106-85-88(107-91(96)79-76-73-70-67-64-61-58-53-30-27-24-21-18-15-12-9-6-3)84-102-90(95)78-75-72-69-66-63-60-57-55-52-49-47-36-34-32-29-26-23-20-17-14-11-8-5-2/h8-9,11-12,16-21,25-30,33-36,38-39,49,52,57,60,86-88,92-93H,4-7,10,13-15,22-24,31-32,37,40-48,50-51,53-56,58-59,61-85H2,1-3H3,(H,97,98)(H,99,100)/b11-8-,12-9-,19-16-,20-17-,21-18-,28-25-,29-26-,30-27-,35-33-,36-34-,39-38-,52-49-,60-57-. The number of ether oxygens (including phenoxy) is 3. The molecule has 16 nitrogen and oxygen atoms in total. The number of phosphoric ester groups is 2. The quantitative estimate of drug-likeness (QED) is 0.0146. The van der Waals surface area contributed by atoms with Crippen LogP contribution in [0.3, 0.4) is 0 Å². The van der Waals surface area contributed by atoms with Crippen molar-refractivity contribution in [3.8, 4) is 0 Å². The summed E-state index contributed by atoms with van der Waals surface area (Å²) < 4.78 is 61.3. The van der Waals surface area contributed by atoms with E-state index in [1.165, 1.54) is 116 Å². The van der Waals surface area contributed by atoms with E-state index < -0.39 is 91.5 Å². The molecule has 0 aromatic heterocycles. The van der Waals surface area contributed by atoms with E-state index in [-0.39, 0.29) is 19.3 Å². The molecular weight excluding hydrogens is 1410 g/mol. The van der Waals surface area contributed by atoms with Gasteiger partial charge in [-0.25, -0.2) is 9.13 Å². The number of aliphatic hydroxyl groups is 2. The van der Waals surface area contributed by atoms with E-state index in [1.54, 1.807) is 0 Å². The summed E-state index contributed by atoms with van der Waals surface area (Å²) in [6, 6.07) is 0. The van der Waals surface area contributed by atoms with Crippen molar-refractivity contribution in [2.75, 3.05) is 39.6 Å². The zero-order chi connectivity index (χ0) is 79.4. The zero-order valence-corrected chi connectivity index (χ0v) is 70.2. The molecule has 4 N–H and O–H groups in total. The van der Waals surface area contributed by atoms with Gasteiger partial charge in [0.2, 0.25) is 0 Å². The Kier molecular flexibility index (Phi) is 79.0. The summed E-state index contributed by atoms with van der Waals surface area (Å²) in [5.41, 5.74) is 0. The van der Waals surface area contributed by atoms with Crippen LogP contribution in [0.25, 0.3) is 0 Å². The summed E-state index contributed by atoms with van der Waals surface area (Å²) in [5.74, 6) is -1.61. The fraction of sp³-hybridized carbons (Fsp3) is 0.681. The predicted octanol–water partition coefficient (Wildman–Crippen LogP) is 25.8. The molecule has 109 heavy (non-hydrogen) atoms. The average molecular weight is 1570 g/mol. The first-order chi connectivity index (χ1) is 53.2. The van der Waals surface area contributed by atoms with E-state index >= 15 is 0 Å². The molecule has 0 aromatic carbocycles. The third-order valence-corrected chi connectivity index (χ3v) is 19.6. The van der Waals surface area contributed by atoms with E-state index in [0.717, 1.165) is 167 Å². The molecule has 0 fully saturated rings. The number of hydrogen-bond donors (Lipinski definition) is 4. The SMILES string of the molecule is CC/C=C\C/C=C\C/C=C\C/C=C\C/C=C\C/C=C\CCCCCCC(=O)OCC(COP(=O)(O)OCC(O)COP(=O)(O)OCC(O)COC(=O)CCCCCCCCCCCCCCCCCCC/C=C\C/C=C\C/C=C\C/C=C\CCCCC)OC(=O)CCCCCCCCC/C=C\C/C=C\C/C=C\CC. The Morgan fingerprint density at radius 3 is 0.771 bits per heavy atom. The molecule has 0 amide bonds. The van der Waals surface area contributed by atoms with Crippen molar-refractivity contribution >= 4 is 33.6 Å². The Bertz CT molecular complexity index is 2610. The number of unbranched alkanes of at least 4 members (excludes halogenated alkanes) is 31. The van der Waals surface area contributed by atoms with Crippen LogP contribution in [0.4, 0.5) is 0 Å². The van der Waals surface area contributed by atoms with Crippen molar-refractivity contribution < 1.29 is 75.8 Å². The van der Waals surface area contributed by atoms with Gasteiger partial charge in [-0.05, 0) is 148 Å².